The lowest BCUT2D eigenvalue weighted by Crippen LogP contribution is -2.39. The molecular formula is C24H22N2O2. The van der Waals surface area contributed by atoms with Gasteiger partial charge in [0.1, 0.15) is 5.69 Å². The zero-order valence-electron chi connectivity index (χ0n) is 15.7. The second kappa shape index (κ2) is 6.48. The normalized spacial score (nSPS) is 21.7. The largest absolute Gasteiger partial charge is 0.356 e. The van der Waals surface area contributed by atoms with Gasteiger partial charge >= 0.3 is 0 Å². The molecule has 0 radical (unpaired) electrons. The van der Waals surface area contributed by atoms with E-state index < -0.39 is 0 Å². The van der Waals surface area contributed by atoms with Gasteiger partial charge in [-0.05, 0) is 47.6 Å². The van der Waals surface area contributed by atoms with Crippen molar-refractivity contribution in [3.63, 3.8) is 0 Å². The molecule has 3 aromatic rings. The lowest BCUT2D eigenvalue weighted by molar-refractivity contribution is 0.0938. The Kier molecular flexibility index (Phi) is 3.93. The van der Waals surface area contributed by atoms with Crippen LogP contribution in [-0.2, 0) is 0 Å². The molecule has 3 aliphatic carbocycles. The number of amides is 1. The third-order valence-corrected chi connectivity index (χ3v) is 6.28. The third-order valence-electron chi connectivity index (χ3n) is 6.28. The van der Waals surface area contributed by atoms with Crippen LogP contribution in [0.15, 0.2) is 60.8 Å². The summed E-state index contributed by atoms with van der Waals surface area (Å²) in [5, 5.41) is 3.09. The molecule has 1 unspecified atom stereocenters. The van der Waals surface area contributed by atoms with Gasteiger partial charge in [0, 0.05) is 30.1 Å². The SMILES string of the molecule is CC(=O)c1c[nH]c(C(=O)NCC2CC3c4ccccc4C2c2ccccc23)c1. The summed E-state index contributed by atoms with van der Waals surface area (Å²) in [5.74, 6) is 0.868. The molecule has 1 amide bonds. The zero-order valence-corrected chi connectivity index (χ0v) is 15.7. The molecule has 2 bridgehead atoms. The molecular weight excluding hydrogens is 348 g/mol. The molecule has 0 spiro atoms. The number of aromatic nitrogens is 1. The number of Topliss-reactive ketones (excluding diaryl/α,β-unsaturated/α-hetero) is 1. The number of hydrogen-bond acceptors (Lipinski definition) is 2. The fraction of sp³-hybridized carbons (Fsp3) is 0.250. The van der Waals surface area contributed by atoms with Crippen LogP contribution >= 0.6 is 0 Å². The van der Waals surface area contributed by atoms with Crippen LogP contribution in [0, 0.1) is 5.92 Å². The van der Waals surface area contributed by atoms with Crippen molar-refractivity contribution in [1.82, 2.24) is 10.3 Å². The maximum absolute atomic E-state index is 12.6. The quantitative estimate of drug-likeness (QED) is 0.675. The summed E-state index contributed by atoms with van der Waals surface area (Å²) in [7, 11) is 0. The van der Waals surface area contributed by atoms with Crippen LogP contribution in [0.2, 0.25) is 0 Å². The van der Waals surface area contributed by atoms with Crippen molar-refractivity contribution >= 4 is 11.7 Å². The van der Waals surface area contributed by atoms with Crippen molar-refractivity contribution in [3.05, 3.63) is 94.3 Å². The van der Waals surface area contributed by atoms with Crippen molar-refractivity contribution in [1.29, 1.82) is 0 Å². The summed E-state index contributed by atoms with van der Waals surface area (Å²) in [5.41, 5.74) is 6.64. The maximum Gasteiger partial charge on any atom is 0.267 e. The predicted molar refractivity (Wildman–Crippen MR) is 108 cm³/mol. The van der Waals surface area contributed by atoms with Crippen molar-refractivity contribution < 1.29 is 9.59 Å². The number of rotatable bonds is 4. The highest BCUT2D eigenvalue weighted by Gasteiger charge is 2.42. The topological polar surface area (TPSA) is 62.0 Å². The maximum atomic E-state index is 12.6. The number of carbonyl (C=O) groups excluding carboxylic acids is 2. The summed E-state index contributed by atoms with van der Waals surface area (Å²) in [4.78, 5) is 26.9. The number of carbonyl (C=O) groups is 2. The van der Waals surface area contributed by atoms with Crippen LogP contribution in [0.25, 0.3) is 0 Å². The van der Waals surface area contributed by atoms with Gasteiger partial charge in [0.25, 0.3) is 5.91 Å². The number of hydrogen-bond donors (Lipinski definition) is 2. The van der Waals surface area contributed by atoms with E-state index in [0.29, 0.717) is 35.6 Å². The Hall–Kier alpha value is -3.14. The lowest BCUT2D eigenvalue weighted by atomic mass is 9.59. The second-order valence-corrected chi connectivity index (χ2v) is 7.85. The van der Waals surface area contributed by atoms with Crippen molar-refractivity contribution in [2.75, 3.05) is 6.54 Å². The number of aromatic amines is 1. The molecule has 4 heteroatoms. The average molecular weight is 370 g/mol. The van der Waals surface area contributed by atoms with E-state index in [4.69, 9.17) is 0 Å². The van der Waals surface area contributed by atoms with Crippen LogP contribution in [0.5, 0.6) is 0 Å². The Bertz CT molecular complexity index is 1030. The first-order valence-corrected chi connectivity index (χ1v) is 9.78. The Morgan fingerprint density at radius 2 is 1.61 bits per heavy atom. The minimum Gasteiger partial charge on any atom is -0.356 e. The van der Waals surface area contributed by atoms with E-state index in [-0.39, 0.29) is 11.7 Å². The minimum atomic E-state index is -0.157. The zero-order chi connectivity index (χ0) is 19.3. The summed E-state index contributed by atoms with van der Waals surface area (Å²) >= 11 is 0. The van der Waals surface area contributed by atoms with E-state index >= 15 is 0 Å². The molecule has 2 N–H and O–H groups in total. The number of nitrogens with one attached hydrogen (secondary N) is 2. The van der Waals surface area contributed by atoms with Gasteiger partial charge in [0.15, 0.2) is 5.78 Å². The van der Waals surface area contributed by atoms with Gasteiger partial charge in [0.2, 0.25) is 0 Å². The lowest BCUT2D eigenvalue weighted by Gasteiger charge is -2.45. The van der Waals surface area contributed by atoms with Gasteiger partial charge in [0.05, 0.1) is 0 Å². The van der Waals surface area contributed by atoms with E-state index in [1.165, 1.54) is 29.2 Å². The first-order valence-electron chi connectivity index (χ1n) is 9.78. The Morgan fingerprint density at radius 1 is 1.00 bits per heavy atom. The van der Waals surface area contributed by atoms with Crippen LogP contribution < -0.4 is 5.32 Å². The molecule has 140 valence electrons. The third kappa shape index (κ3) is 2.60. The molecule has 1 atom stereocenters. The fourth-order valence-corrected chi connectivity index (χ4v) is 5.01. The highest BCUT2D eigenvalue weighted by Crippen LogP contribution is 2.55. The smallest absolute Gasteiger partial charge is 0.267 e. The molecule has 2 aromatic carbocycles. The van der Waals surface area contributed by atoms with E-state index in [1.54, 1.807) is 12.3 Å². The van der Waals surface area contributed by atoms with Gasteiger partial charge in [-0.15, -0.1) is 0 Å². The molecule has 0 saturated carbocycles. The molecule has 6 rings (SSSR count). The highest BCUT2D eigenvalue weighted by atomic mass is 16.2. The van der Waals surface area contributed by atoms with Crippen molar-refractivity contribution in [2.24, 2.45) is 5.92 Å². The van der Waals surface area contributed by atoms with E-state index in [9.17, 15) is 9.59 Å². The Morgan fingerprint density at radius 3 is 2.18 bits per heavy atom. The fourth-order valence-electron chi connectivity index (χ4n) is 5.01. The molecule has 0 saturated heterocycles. The molecule has 0 aliphatic heterocycles. The standard InChI is InChI=1S/C24H22N2O2/c1-14(27)15-11-22(25-12-15)24(28)26-13-16-10-21-17-6-2-4-8-19(17)23(16)20-9-5-3-7-18(20)21/h2-9,11-12,16,21,23,25H,10,13H2,1H3,(H,26,28). The number of fused-ring (bicyclic) bond motifs is 1. The highest BCUT2D eigenvalue weighted by molar-refractivity contribution is 5.99. The molecule has 1 heterocycles. The van der Waals surface area contributed by atoms with E-state index in [1.807, 2.05) is 0 Å². The molecule has 0 fully saturated rings. The number of benzene rings is 2. The van der Waals surface area contributed by atoms with Crippen LogP contribution in [0.3, 0.4) is 0 Å². The number of ketones is 1. The second-order valence-electron chi connectivity index (χ2n) is 7.85. The van der Waals surface area contributed by atoms with Crippen molar-refractivity contribution in [2.45, 2.75) is 25.2 Å². The van der Waals surface area contributed by atoms with Crippen molar-refractivity contribution in [3.8, 4) is 0 Å². The van der Waals surface area contributed by atoms with Gasteiger partial charge in [-0.3, -0.25) is 9.59 Å². The minimum absolute atomic E-state index is 0.0481. The van der Waals surface area contributed by atoms with E-state index in [2.05, 4.69) is 58.8 Å². The summed E-state index contributed by atoms with van der Waals surface area (Å²) in [6, 6.07) is 19.1. The summed E-state index contributed by atoms with van der Waals surface area (Å²) in [6.45, 7) is 2.12. The first-order chi connectivity index (χ1) is 13.6. The van der Waals surface area contributed by atoms with Gasteiger partial charge < -0.3 is 10.3 Å². The first kappa shape index (κ1) is 17.0. The number of H-pyrrole nitrogens is 1. The van der Waals surface area contributed by atoms with Gasteiger partial charge in [-0.1, -0.05) is 48.5 Å². The Balaban J connectivity index is 1.40. The van der Waals surface area contributed by atoms with Crippen LogP contribution in [0.4, 0.5) is 0 Å². The molecule has 3 aliphatic rings. The van der Waals surface area contributed by atoms with Crippen LogP contribution in [0.1, 0.15) is 68.3 Å². The van der Waals surface area contributed by atoms with Crippen LogP contribution in [-0.4, -0.2) is 23.2 Å². The molecule has 4 nitrogen and oxygen atoms in total. The monoisotopic (exact) mass is 370 g/mol. The Labute approximate surface area is 164 Å². The summed E-state index contributed by atoms with van der Waals surface area (Å²) < 4.78 is 0. The summed E-state index contributed by atoms with van der Waals surface area (Å²) in [6.07, 6.45) is 2.63. The van der Waals surface area contributed by atoms with Gasteiger partial charge in [-0.25, -0.2) is 0 Å². The molecule has 28 heavy (non-hydrogen) atoms. The average Bonchev–Trinajstić information content (AvgIpc) is 3.23. The predicted octanol–water partition coefficient (Wildman–Crippen LogP) is 4.24. The van der Waals surface area contributed by atoms with Gasteiger partial charge in [-0.2, -0.15) is 0 Å². The van der Waals surface area contributed by atoms with E-state index in [0.717, 1.165) is 6.42 Å². The molecule has 1 aromatic heterocycles.